The van der Waals surface area contributed by atoms with E-state index in [9.17, 15) is 4.79 Å². The van der Waals surface area contributed by atoms with Gasteiger partial charge in [0, 0.05) is 36.4 Å². The number of nitrogens with one attached hydrogen (secondary N) is 1. The highest BCUT2D eigenvalue weighted by molar-refractivity contribution is 5.96. The molecule has 0 unspecified atom stereocenters. The van der Waals surface area contributed by atoms with Gasteiger partial charge >= 0.3 is 0 Å². The Bertz CT molecular complexity index is 1360. The number of para-hydroxylation sites is 1. The van der Waals surface area contributed by atoms with Crippen molar-refractivity contribution in [3.63, 3.8) is 0 Å². The fraction of sp³-hybridized carbons (Fsp3) is 0.345. The van der Waals surface area contributed by atoms with Gasteiger partial charge in [-0.15, -0.1) is 0 Å². The van der Waals surface area contributed by atoms with Gasteiger partial charge in [0.2, 0.25) is 0 Å². The molecule has 37 heavy (non-hydrogen) atoms. The largest absolute Gasteiger partial charge is 0.492 e. The molecule has 0 saturated heterocycles. The monoisotopic (exact) mass is 501 g/mol. The minimum Gasteiger partial charge on any atom is -0.492 e. The van der Waals surface area contributed by atoms with Crippen molar-refractivity contribution in [3.8, 4) is 17.0 Å². The van der Waals surface area contributed by atoms with Gasteiger partial charge in [0.15, 0.2) is 0 Å². The SMILES string of the molecule is COCCn1cc(-c2cc([C@@H](C)NC(=O)c3cc(OCCN(C)C)ccc3C)c3ccccc3n2)cn1. The zero-order valence-electron chi connectivity index (χ0n) is 22.2. The highest BCUT2D eigenvalue weighted by atomic mass is 16.5. The minimum atomic E-state index is -0.250. The van der Waals surface area contributed by atoms with E-state index in [0.29, 0.717) is 31.1 Å². The molecule has 2 aromatic carbocycles. The van der Waals surface area contributed by atoms with Gasteiger partial charge in [0.25, 0.3) is 5.91 Å². The number of carbonyl (C=O) groups excluding carboxylic acids is 1. The number of fused-ring (bicyclic) bond motifs is 1. The molecule has 1 amide bonds. The molecule has 2 heterocycles. The molecule has 0 radical (unpaired) electrons. The van der Waals surface area contributed by atoms with Crippen LogP contribution in [0.4, 0.5) is 0 Å². The molecule has 8 nitrogen and oxygen atoms in total. The molecule has 0 saturated carbocycles. The lowest BCUT2D eigenvalue weighted by Gasteiger charge is -2.19. The Balaban J connectivity index is 1.59. The van der Waals surface area contributed by atoms with Crippen molar-refractivity contribution in [3.05, 3.63) is 77.6 Å². The number of nitrogens with zero attached hydrogens (tertiary/aromatic N) is 4. The first-order valence-corrected chi connectivity index (χ1v) is 12.5. The maximum atomic E-state index is 13.4. The summed E-state index contributed by atoms with van der Waals surface area (Å²) < 4.78 is 12.9. The van der Waals surface area contributed by atoms with Gasteiger partial charge in [-0.2, -0.15) is 5.10 Å². The standard InChI is InChI=1S/C29H35N5O3/c1-20-10-11-23(37-15-12-33(3)4)16-25(20)29(35)31-21(2)26-17-28(32-27-9-7-6-8-24(26)27)22-18-30-34(19-22)13-14-36-5/h6-11,16-19,21H,12-15H2,1-5H3,(H,31,35)/t21-/m1/s1. The number of pyridine rings is 1. The van der Waals surface area contributed by atoms with E-state index in [1.165, 1.54) is 0 Å². The third-order valence-corrected chi connectivity index (χ3v) is 6.28. The topological polar surface area (TPSA) is 81.5 Å². The Morgan fingerprint density at radius 2 is 1.95 bits per heavy atom. The van der Waals surface area contributed by atoms with Gasteiger partial charge in [-0.1, -0.05) is 24.3 Å². The Kier molecular flexibility index (Phi) is 8.53. The molecular weight excluding hydrogens is 466 g/mol. The van der Waals surface area contributed by atoms with Crippen molar-refractivity contribution in [1.29, 1.82) is 0 Å². The van der Waals surface area contributed by atoms with Crippen molar-refractivity contribution in [1.82, 2.24) is 25.0 Å². The van der Waals surface area contributed by atoms with Gasteiger partial charge in [0.05, 0.1) is 36.6 Å². The van der Waals surface area contributed by atoms with Crippen LogP contribution in [0.25, 0.3) is 22.2 Å². The summed E-state index contributed by atoms with van der Waals surface area (Å²) in [6, 6.07) is 15.4. The van der Waals surface area contributed by atoms with Crippen LogP contribution in [0.2, 0.25) is 0 Å². The van der Waals surface area contributed by atoms with Gasteiger partial charge < -0.3 is 19.7 Å². The molecule has 194 valence electrons. The lowest BCUT2D eigenvalue weighted by Crippen LogP contribution is -2.27. The minimum absolute atomic E-state index is 0.141. The lowest BCUT2D eigenvalue weighted by atomic mass is 9.99. The van der Waals surface area contributed by atoms with Crippen LogP contribution in [-0.4, -0.2) is 66.5 Å². The van der Waals surface area contributed by atoms with E-state index in [0.717, 1.165) is 39.8 Å². The quantitative estimate of drug-likeness (QED) is 0.326. The van der Waals surface area contributed by atoms with Gasteiger partial charge in [-0.3, -0.25) is 9.48 Å². The lowest BCUT2D eigenvalue weighted by molar-refractivity contribution is 0.0939. The molecule has 1 N–H and O–H groups in total. The predicted octanol–water partition coefficient (Wildman–Crippen LogP) is 4.48. The second-order valence-corrected chi connectivity index (χ2v) is 9.42. The predicted molar refractivity (Wildman–Crippen MR) is 146 cm³/mol. The highest BCUT2D eigenvalue weighted by Crippen LogP contribution is 2.29. The molecule has 0 spiro atoms. The second kappa shape index (κ2) is 12.0. The zero-order chi connectivity index (χ0) is 26.4. The Hall–Kier alpha value is -3.75. The average Bonchev–Trinajstić information content (AvgIpc) is 3.36. The van der Waals surface area contributed by atoms with Crippen LogP contribution in [0.15, 0.2) is 60.9 Å². The summed E-state index contributed by atoms with van der Waals surface area (Å²) >= 11 is 0. The molecule has 2 aromatic heterocycles. The molecule has 0 aliphatic heterocycles. The normalized spacial score (nSPS) is 12.2. The number of aromatic nitrogens is 3. The maximum absolute atomic E-state index is 13.4. The summed E-state index contributed by atoms with van der Waals surface area (Å²) in [5, 5.41) is 8.63. The van der Waals surface area contributed by atoms with Crippen molar-refractivity contribution in [2.75, 3.05) is 41.0 Å². The number of likely N-dealkylation sites (N-methyl/N-ethyl adjacent to an activating group) is 1. The van der Waals surface area contributed by atoms with Crippen LogP contribution in [-0.2, 0) is 11.3 Å². The molecule has 4 aromatic rings. The van der Waals surface area contributed by atoms with Crippen molar-refractivity contribution in [2.24, 2.45) is 0 Å². The number of hydrogen-bond acceptors (Lipinski definition) is 6. The summed E-state index contributed by atoms with van der Waals surface area (Å²) in [6.45, 7) is 6.54. The number of carbonyl (C=O) groups is 1. The molecule has 0 bridgehead atoms. The number of methoxy groups -OCH3 is 1. The Labute approximate surface area is 218 Å². The summed E-state index contributed by atoms with van der Waals surface area (Å²) in [5.74, 6) is 0.547. The first-order chi connectivity index (χ1) is 17.9. The molecule has 0 fully saturated rings. The number of benzene rings is 2. The van der Waals surface area contributed by atoms with Crippen molar-refractivity contribution < 1.29 is 14.3 Å². The van der Waals surface area contributed by atoms with E-state index in [1.807, 2.05) is 93.5 Å². The van der Waals surface area contributed by atoms with Crippen LogP contribution in [0.3, 0.4) is 0 Å². The molecule has 4 rings (SSSR count). The Morgan fingerprint density at radius 3 is 2.73 bits per heavy atom. The summed E-state index contributed by atoms with van der Waals surface area (Å²) in [6.07, 6.45) is 3.78. The molecule has 0 aliphatic rings. The summed E-state index contributed by atoms with van der Waals surface area (Å²) in [7, 11) is 5.67. The molecule has 0 aliphatic carbocycles. The smallest absolute Gasteiger partial charge is 0.252 e. The van der Waals surface area contributed by atoms with Gasteiger partial charge in [0.1, 0.15) is 12.4 Å². The van der Waals surface area contributed by atoms with Gasteiger partial charge in [-0.25, -0.2) is 4.98 Å². The first-order valence-electron chi connectivity index (χ1n) is 12.5. The molecule has 8 heteroatoms. The highest BCUT2D eigenvalue weighted by Gasteiger charge is 2.18. The maximum Gasteiger partial charge on any atom is 0.252 e. The first kappa shape index (κ1) is 26.3. The number of rotatable bonds is 11. The van der Waals surface area contributed by atoms with Gasteiger partial charge in [-0.05, 0) is 63.3 Å². The van der Waals surface area contributed by atoms with E-state index in [4.69, 9.17) is 14.5 Å². The van der Waals surface area contributed by atoms with E-state index in [1.54, 1.807) is 7.11 Å². The van der Waals surface area contributed by atoms with Crippen molar-refractivity contribution >= 4 is 16.8 Å². The summed E-state index contributed by atoms with van der Waals surface area (Å²) in [4.78, 5) is 20.3. The molecule has 1 atom stereocenters. The van der Waals surface area contributed by atoms with Crippen LogP contribution in [0.1, 0.15) is 34.5 Å². The third-order valence-electron chi connectivity index (χ3n) is 6.28. The summed E-state index contributed by atoms with van der Waals surface area (Å²) in [5.41, 5.74) is 5.09. The van der Waals surface area contributed by atoms with Crippen LogP contribution in [0.5, 0.6) is 5.75 Å². The zero-order valence-corrected chi connectivity index (χ0v) is 22.2. The second-order valence-electron chi connectivity index (χ2n) is 9.42. The third kappa shape index (κ3) is 6.53. The van der Waals surface area contributed by atoms with E-state index < -0.39 is 0 Å². The van der Waals surface area contributed by atoms with E-state index >= 15 is 0 Å². The van der Waals surface area contributed by atoms with Crippen LogP contribution < -0.4 is 10.1 Å². The van der Waals surface area contributed by atoms with E-state index in [2.05, 4.69) is 15.3 Å². The number of ether oxygens (including phenoxy) is 2. The number of aryl methyl sites for hydroxylation is 1. The fourth-order valence-electron chi connectivity index (χ4n) is 4.15. The Morgan fingerprint density at radius 1 is 1.14 bits per heavy atom. The van der Waals surface area contributed by atoms with Crippen LogP contribution in [0, 0.1) is 6.92 Å². The van der Waals surface area contributed by atoms with Crippen LogP contribution >= 0.6 is 0 Å². The van der Waals surface area contributed by atoms with E-state index in [-0.39, 0.29) is 11.9 Å². The fourth-order valence-corrected chi connectivity index (χ4v) is 4.15. The number of hydrogen-bond donors (Lipinski definition) is 1. The average molecular weight is 502 g/mol. The molecular formula is C29H35N5O3. The number of amides is 1. The van der Waals surface area contributed by atoms with Crippen molar-refractivity contribution in [2.45, 2.75) is 26.4 Å².